The second-order valence-electron chi connectivity index (χ2n) is 4.84. The number of hydrogen-bond donors (Lipinski definition) is 1. The van der Waals surface area contributed by atoms with Crippen molar-refractivity contribution in [1.82, 2.24) is 4.68 Å². The molecule has 0 fully saturated rings. The van der Waals surface area contributed by atoms with Crippen molar-refractivity contribution in [1.29, 1.82) is 0 Å². The average molecular weight is 267 g/mol. The number of carboxylic acids is 1. The quantitative estimate of drug-likeness (QED) is 0.725. The van der Waals surface area contributed by atoms with Crippen molar-refractivity contribution in [3.8, 4) is 5.69 Å². The van der Waals surface area contributed by atoms with E-state index in [1.54, 1.807) is 17.8 Å². The fraction of sp³-hybridized carbons (Fsp3) is 0.125. The zero-order valence-electron chi connectivity index (χ0n) is 11.4. The largest absolute Gasteiger partial charge is 0.473 e. The van der Waals surface area contributed by atoms with Gasteiger partial charge in [-0.15, -0.1) is 4.68 Å². The molecule has 0 bridgehead atoms. The molecular formula is C16H15N2O2+. The fourth-order valence-corrected chi connectivity index (χ4v) is 2.58. The maximum atomic E-state index is 11.2. The topological polar surface area (TPSA) is 46.1 Å². The number of hydrogen-bond acceptors (Lipinski definition) is 1. The summed E-state index contributed by atoms with van der Waals surface area (Å²) in [6.07, 6.45) is 0. The van der Waals surface area contributed by atoms with Gasteiger partial charge in [0, 0.05) is 6.07 Å². The van der Waals surface area contributed by atoms with Crippen LogP contribution in [0.4, 0.5) is 0 Å². The number of fused-ring (bicyclic) bond motifs is 1. The molecule has 100 valence electrons. The van der Waals surface area contributed by atoms with Crippen molar-refractivity contribution in [2.75, 3.05) is 0 Å². The van der Waals surface area contributed by atoms with Gasteiger partial charge in [-0.2, -0.15) is 0 Å². The highest BCUT2D eigenvalue weighted by molar-refractivity contribution is 5.85. The van der Waals surface area contributed by atoms with Crippen LogP contribution in [-0.4, -0.2) is 15.8 Å². The molecule has 0 atom stereocenters. The molecule has 1 aromatic heterocycles. The van der Waals surface area contributed by atoms with E-state index in [4.69, 9.17) is 0 Å². The Morgan fingerprint density at radius 1 is 1.10 bits per heavy atom. The van der Waals surface area contributed by atoms with E-state index in [-0.39, 0.29) is 5.69 Å². The van der Waals surface area contributed by atoms with E-state index in [9.17, 15) is 9.90 Å². The predicted molar refractivity (Wildman–Crippen MR) is 76.1 cm³/mol. The van der Waals surface area contributed by atoms with Crippen molar-refractivity contribution < 1.29 is 14.6 Å². The minimum atomic E-state index is -0.921. The fourth-order valence-electron chi connectivity index (χ4n) is 2.58. The van der Waals surface area contributed by atoms with Gasteiger partial charge < -0.3 is 5.11 Å². The minimum Gasteiger partial charge on any atom is -0.473 e. The van der Waals surface area contributed by atoms with Crippen LogP contribution in [0.5, 0.6) is 0 Å². The van der Waals surface area contributed by atoms with Crippen LogP contribution >= 0.6 is 0 Å². The number of aromatic carboxylic acids is 1. The molecular weight excluding hydrogens is 252 g/mol. The summed E-state index contributed by atoms with van der Waals surface area (Å²) in [5, 5.41) is 11.5. The van der Waals surface area contributed by atoms with Crippen LogP contribution < -0.4 is 4.68 Å². The summed E-state index contributed by atoms with van der Waals surface area (Å²) in [5.41, 5.74) is 2.12. The molecule has 0 radical (unpaired) electrons. The number of carbonyl (C=O) groups is 1. The second-order valence-corrected chi connectivity index (χ2v) is 4.84. The lowest BCUT2D eigenvalue weighted by molar-refractivity contribution is -0.746. The van der Waals surface area contributed by atoms with Gasteiger partial charge in [0.1, 0.15) is 5.69 Å². The molecule has 3 aromatic rings. The van der Waals surface area contributed by atoms with Crippen molar-refractivity contribution >= 4 is 16.7 Å². The summed E-state index contributed by atoms with van der Waals surface area (Å²) in [6.45, 7) is 1.90. The first kappa shape index (κ1) is 12.4. The molecule has 0 aliphatic heterocycles. The van der Waals surface area contributed by atoms with Crippen LogP contribution in [0.3, 0.4) is 0 Å². The molecule has 0 aliphatic rings. The number of nitrogens with zero attached hydrogens (tertiary/aromatic N) is 2. The van der Waals surface area contributed by atoms with E-state index in [1.165, 1.54) is 5.39 Å². The van der Waals surface area contributed by atoms with E-state index < -0.39 is 5.97 Å². The standard InChI is InChI=1S/C16H14N2O2/c1-11-9-15(16(19)20)17(2)18(11)14-8-7-12-5-3-4-6-13(12)10-14/h3-10H,1-2H3/p+1. The summed E-state index contributed by atoms with van der Waals surface area (Å²) >= 11 is 0. The average Bonchev–Trinajstić information content (AvgIpc) is 2.74. The first-order chi connectivity index (χ1) is 9.58. The molecule has 20 heavy (non-hydrogen) atoms. The Bertz CT molecular complexity index is 818. The lowest BCUT2D eigenvalue weighted by atomic mass is 10.1. The molecule has 0 saturated carbocycles. The number of rotatable bonds is 2. The van der Waals surface area contributed by atoms with E-state index in [2.05, 4.69) is 18.2 Å². The Hall–Kier alpha value is -2.62. The maximum absolute atomic E-state index is 11.2. The number of benzene rings is 2. The van der Waals surface area contributed by atoms with Gasteiger partial charge in [-0.05, 0) is 29.8 Å². The first-order valence-corrected chi connectivity index (χ1v) is 6.39. The molecule has 4 nitrogen and oxygen atoms in total. The van der Waals surface area contributed by atoms with E-state index in [0.717, 1.165) is 16.8 Å². The van der Waals surface area contributed by atoms with Crippen molar-refractivity contribution in [3.63, 3.8) is 0 Å². The number of aryl methyl sites for hydroxylation is 1. The monoisotopic (exact) mass is 267 g/mol. The molecule has 0 saturated heterocycles. The molecule has 1 N–H and O–H groups in total. The van der Waals surface area contributed by atoms with Crippen LogP contribution in [0.1, 0.15) is 16.2 Å². The third-order valence-electron chi connectivity index (χ3n) is 3.53. The highest BCUT2D eigenvalue weighted by Crippen LogP contribution is 2.19. The highest BCUT2D eigenvalue weighted by atomic mass is 16.4. The molecule has 2 aromatic carbocycles. The van der Waals surface area contributed by atoms with Crippen molar-refractivity contribution in [2.24, 2.45) is 7.05 Å². The molecule has 0 aliphatic carbocycles. The third kappa shape index (κ3) is 1.86. The van der Waals surface area contributed by atoms with Gasteiger partial charge in [-0.1, -0.05) is 35.0 Å². The minimum absolute atomic E-state index is 0.274. The van der Waals surface area contributed by atoms with Crippen LogP contribution in [0, 0.1) is 6.92 Å². The molecule has 0 spiro atoms. The maximum Gasteiger partial charge on any atom is 0.403 e. The van der Waals surface area contributed by atoms with Gasteiger partial charge >= 0.3 is 11.7 Å². The van der Waals surface area contributed by atoms with Gasteiger partial charge in [-0.25, -0.2) is 4.79 Å². The Kier molecular flexibility index (Phi) is 2.79. The summed E-state index contributed by atoms with van der Waals surface area (Å²) in [5.74, 6) is -0.921. The smallest absolute Gasteiger partial charge is 0.403 e. The van der Waals surface area contributed by atoms with Crippen LogP contribution in [-0.2, 0) is 7.05 Å². The summed E-state index contributed by atoms with van der Waals surface area (Å²) in [7, 11) is 1.76. The van der Waals surface area contributed by atoms with Gasteiger partial charge in [0.25, 0.3) is 0 Å². The molecule has 0 unspecified atom stereocenters. The zero-order chi connectivity index (χ0) is 14.3. The van der Waals surface area contributed by atoms with Gasteiger partial charge in [-0.3, -0.25) is 0 Å². The highest BCUT2D eigenvalue weighted by Gasteiger charge is 2.24. The van der Waals surface area contributed by atoms with E-state index in [0.29, 0.717) is 0 Å². The molecule has 1 heterocycles. The number of carboxylic acid groups (broad SMARTS) is 1. The Morgan fingerprint density at radius 2 is 1.80 bits per heavy atom. The summed E-state index contributed by atoms with van der Waals surface area (Å²) < 4.78 is 3.55. The molecule has 3 rings (SSSR count). The molecule has 4 heteroatoms. The van der Waals surface area contributed by atoms with Gasteiger partial charge in [0.2, 0.25) is 0 Å². The van der Waals surface area contributed by atoms with Gasteiger partial charge in [0.05, 0.1) is 5.69 Å². The lowest BCUT2D eigenvalue weighted by Gasteiger charge is -2.05. The van der Waals surface area contributed by atoms with Crippen molar-refractivity contribution in [2.45, 2.75) is 6.92 Å². The summed E-state index contributed by atoms with van der Waals surface area (Å²) in [6, 6.07) is 15.9. The predicted octanol–water partition coefficient (Wildman–Crippen LogP) is 2.46. The third-order valence-corrected chi connectivity index (χ3v) is 3.53. The van der Waals surface area contributed by atoms with Gasteiger partial charge in [0.15, 0.2) is 7.05 Å². The second kappa shape index (κ2) is 4.49. The Labute approximate surface area is 116 Å². The zero-order valence-corrected chi connectivity index (χ0v) is 11.4. The normalized spacial score (nSPS) is 10.9. The Morgan fingerprint density at radius 3 is 2.45 bits per heavy atom. The van der Waals surface area contributed by atoms with Crippen LogP contribution in [0.15, 0.2) is 48.5 Å². The summed E-state index contributed by atoms with van der Waals surface area (Å²) in [4.78, 5) is 11.2. The van der Waals surface area contributed by atoms with Crippen LogP contribution in [0.2, 0.25) is 0 Å². The van der Waals surface area contributed by atoms with E-state index >= 15 is 0 Å². The SMILES string of the molecule is Cc1cc(C(=O)O)[n+](C)n1-c1ccc2ccccc2c1. The lowest BCUT2D eigenvalue weighted by Crippen LogP contribution is -2.43. The van der Waals surface area contributed by atoms with Crippen molar-refractivity contribution in [3.05, 3.63) is 59.9 Å². The number of aromatic nitrogens is 2. The van der Waals surface area contributed by atoms with E-state index in [1.807, 2.05) is 35.9 Å². The Balaban J connectivity index is 2.23. The first-order valence-electron chi connectivity index (χ1n) is 6.39. The van der Waals surface area contributed by atoms with Crippen LogP contribution in [0.25, 0.3) is 16.5 Å². The molecule has 0 amide bonds.